The normalized spacial score (nSPS) is 13.8. The van der Waals surface area contributed by atoms with Gasteiger partial charge in [-0.3, -0.25) is 0 Å². The van der Waals surface area contributed by atoms with E-state index in [0.717, 1.165) is 6.21 Å². The van der Waals surface area contributed by atoms with Crippen LogP contribution in [0, 0.1) is 5.41 Å². The molecule has 92 valence electrons. The molecule has 0 aromatic carbocycles. The average Bonchev–Trinajstić information content (AvgIpc) is 2.30. The van der Waals surface area contributed by atoms with Crippen LogP contribution in [0.4, 0.5) is 0 Å². The molecule has 0 heterocycles. The number of carbonyl (C=O) groups excluding carboxylic acids is 1. The lowest BCUT2D eigenvalue weighted by Gasteiger charge is -2.18. The van der Waals surface area contributed by atoms with E-state index in [2.05, 4.69) is 5.32 Å². The molecule has 0 spiro atoms. The van der Waals surface area contributed by atoms with Crippen LogP contribution in [0.25, 0.3) is 0 Å². The van der Waals surface area contributed by atoms with E-state index in [9.17, 15) is 4.79 Å². The maximum atomic E-state index is 11.5. The molecule has 6 heteroatoms. The van der Waals surface area contributed by atoms with E-state index in [1.807, 2.05) is 0 Å². The van der Waals surface area contributed by atoms with E-state index >= 15 is 0 Å². The second-order valence-electron chi connectivity index (χ2n) is 3.18. The Morgan fingerprint density at radius 1 is 1.69 bits per heavy atom. The standard InChI is InChI=1S/C10H19N3O3/c1-3-16-10(15)9(7(2)4-11)13-8(5-12)6-14/h4,8,11,13-14H,3,5-6,12H2,1-2H3/b9-7-,11-4?. The van der Waals surface area contributed by atoms with E-state index in [1.165, 1.54) is 0 Å². The number of allylic oxidation sites excluding steroid dienone is 1. The van der Waals surface area contributed by atoms with Crippen LogP contribution in [0.2, 0.25) is 0 Å². The Bertz CT molecular complexity index is 272. The summed E-state index contributed by atoms with van der Waals surface area (Å²) in [5, 5.41) is 18.8. The van der Waals surface area contributed by atoms with Gasteiger partial charge in [-0.1, -0.05) is 0 Å². The zero-order chi connectivity index (χ0) is 12.6. The average molecular weight is 229 g/mol. The zero-order valence-electron chi connectivity index (χ0n) is 9.62. The van der Waals surface area contributed by atoms with Gasteiger partial charge in [-0.15, -0.1) is 0 Å². The highest BCUT2D eigenvalue weighted by Gasteiger charge is 2.16. The molecule has 0 aromatic heterocycles. The second kappa shape index (κ2) is 7.84. The van der Waals surface area contributed by atoms with Crippen LogP contribution < -0.4 is 11.1 Å². The molecule has 0 bridgehead atoms. The number of esters is 1. The van der Waals surface area contributed by atoms with Crippen LogP contribution in [-0.4, -0.2) is 43.1 Å². The van der Waals surface area contributed by atoms with Crippen LogP contribution in [0.15, 0.2) is 11.3 Å². The largest absolute Gasteiger partial charge is 0.461 e. The second-order valence-corrected chi connectivity index (χ2v) is 3.18. The minimum absolute atomic E-state index is 0.168. The lowest BCUT2D eigenvalue weighted by molar-refractivity contribution is -0.139. The Labute approximate surface area is 95.0 Å². The molecule has 0 aliphatic carbocycles. The molecule has 5 N–H and O–H groups in total. The zero-order valence-corrected chi connectivity index (χ0v) is 9.62. The highest BCUT2D eigenvalue weighted by molar-refractivity contribution is 5.95. The lowest BCUT2D eigenvalue weighted by Crippen LogP contribution is -2.41. The molecule has 1 unspecified atom stereocenters. The summed E-state index contributed by atoms with van der Waals surface area (Å²) >= 11 is 0. The fraction of sp³-hybridized carbons (Fsp3) is 0.600. The summed E-state index contributed by atoms with van der Waals surface area (Å²) < 4.78 is 4.83. The van der Waals surface area contributed by atoms with Crippen LogP contribution in [0.5, 0.6) is 0 Å². The summed E-state index contributed by atoms with van der Waals surface area (Å²) in [7, 11) is 0. The first-order valence-corrected chi connectivity index (χ1v) is 5.06. The number of carbonyl (C=O) groups is 1. The van der Waals surface area contributed by atoms with Crippen molar-refractivity contribution < 1.29 is 14.6 Å². The molecule has 0 rings (SSSR count). The van der Waals surface area contributed by atoms with Crippen molar-refractivity contribution in [3.8, 4) is 0 Å². The number of nitrogens with two attached hydrogens (primary N) is 1. The third kappa shape index (κ3) is 4.41. The minimum atomic E-state index is -0.546. The summed E-state index contributed by atoms with van der Waals surface area (Å²) in [5.41, 5.74) is 6.00. The van der Waals surface area contributed by atoms with Crippen molar-refractivity contribution in [3.05, 3.63) is 11.3 Å². The molecular formula is C10H19N3O3. The Hall–Kier alpha value is -1.40. The molecule has 6 nitrogen and oxygen atoms in total. The molecule has 0 aliphatic rings. The third-order valence-corrected chi connectivity index (χ3v) is 1.94. The number of rotatable bonds is 7. The van der Waals surface area contributed by atoms with Gasteiger partial charge in [0.1, 0.15) is 5.70 Å². The van der Waals surface area contributed by atoms with Crippen molar-refractivity contribution in [2.45, 2.75) is 19.9 Å². The predicted molar refractivity (Wildman–Crippen MR) is 61.2 cm³/mol. The van der Waals surface area contributed by atoms with Crippen molar-refractivity contribution in [2.75, 3.05) is 19.8 Å². The Balaban J connectivity index is 4.82. The van der Waals surface area contributed by atoms with E-state index in [0.29, 0.717) is 5.57 Å². The van der Waals surface area contributed by atoms with Gasteiger partial charge in [-0.2, -0.15) is 0 Å². The lowest BCUT2D eigenvalue weighted by atomic mass is 10.2. The quantitative estimate of drug-likeness (QED) is 0.264. The predicted octanol–water partition coefficient (Wildman–Crippen LogP) is -0.618. The third-order valence-electron chi connectivity index (χ3n) is 1.94. The highest BCUT2D eigenvalue weighted by Crippen LogP contribution is 2.02. The van der Waals surface area contributed by atoms with Crippen molar-refractivity contribution in [2.24, 2.45) is 5.73 Å². The fourth-order valence-corrected chi connectivity index (χ4v) is 0.992. The minimum Gasteiger partial charge on any atom is -0.461 e. The first-order valence-electron chi connectivity index (χ1n) is 5.06. The fourth-order valence-electron chi connectivity index (χ4n) is 0.992. The maximum absolute atomic E-state index is 11.5. The Morgan fingerprint density at radius 2 is 2.31 bits per heavy atom. The summed E-state index contributed by atoms with van der Waals surface area (Å²) in [6, 6.07) is -0.422. The van der Waals surface area contributed by atoms with Gasteiger partial charge in [0.25, 0.3) is 0 Å². The van der Waals surface area contributed by atoms with Gasteiger partial charge in [-0.05, 0) is 19.4 Å². The van der Waals surface area contributed by atoms with Gasteiger partial charge in [0.15, 0.2) is 0 Å². The number of hydrogen-bond donors (Lipinski definition) is 4. The monoisotopic (exact) mass is 229 g/mol. The molecule has 0 amide bonds. The molecule has 0 aliphatic heterocycles. The highest BCUT2D eigenvalue weighted by atomic mass is 16.5. The van der Waals surface area contributed by atoms with Gasteiger partial charge < -0.3 is 26.3 Å². The van der Waals surface area contributed by atoms with Crippen LogP contribution in [0.1, 0.15) is 13.8 Å². The van der Waals surface area contributed by atoms with Crippen molar-refractivity contribution in [1.82, 2.24) is 5.32 Å². The topological polar surface area (TPSA) is 108 Å². The molecular weight excluding hydrogens is 210 g/mol. The number of aliphatic hydroxyl groups excluding tert-OH is 1. The van der Waals surface area contributed by atoms with Gasteiger partial charge in [-0.25, -0.2) is 4.79 Å². The first kappa shape index (κ1) is 14.6. The smallest absolute Gasteiger partial charge is 0.354 e. The number of nitrogens with one attached hydrogen (secondary N) is 2. The first-order chi connectivity index (χ1) is 7.60. The van der Waals surface area contributed by atoms with Crippen molar-refractivity contribution >= 4 is 12.2 Å². The van der Waals surface area contributed by atoms with E-state index in [-0.39, 0.29) is 25.5 Å². The van der Waals surface area contributed by atoms with Gasteiger partial charge in [0, 0.05) is 12.8 Å². The maximum Gasteiger partial charge on any atom is 0.354 e. The molecule has 0 aromatic rings. The van der Waals surface area contributed by atoms with Crippen molar-refractivity contribution in [1.29, 1.82) is 5.41 Å². The Kier molecular flexibility index (Phi) is 7.15. The number of ether oxygens (including phenoxy) is 1. The summed E-state index contributed by atoms with van der Waals surface area (Å²) in [5.74, 6) is -0.546. The summed E-state index contributed by atoms with van der Waals surface area (Å²) in [6.45, 7) is 3.55. The van der Waals surface area contributed by atoms with Crippen LogP contribution in [-0.2, 0) is 9.53 Å². The van der Waals surface area contributed by atoms with E-state index in [4.69, 9.17) is 21.0 Å². The Morgan fingerprint density at radius 3 is 2.69 bits per heavy atom. The van der Waals surface area contributed by atoms with Gasteiger partial charge >= 0.3 is 5.97 Å². The van der Waals surface area contributed by atoms with Crippen LogP contribution in [0.3, 0.4) is 0 Å². The molecule has 0 saturated carbocycles. The van der Waals surface area contributed by atoms with Gasteiger partial charge in [0.05, 0.1) is 19.3 Å². The van der Waals surface area contributed by atoms with E-state index in [1.54, 1.807) is 13.8 Å². The van der Waals surface area contributed by atoms with Gasteiger partial charge in [0.2, 0.25) is 0 Å². The SMILES string of the molecule is CCOC(=O)/C(NC(CN)CO)=C(\C)C=N. The molecule has 0 fully saturated rings. The summed E-state index contributed by atoms with van der Waals surface area (Å²) in [6.07, 6.45) is 1.05. The van der Waals surface area contributed by atoms with Crippen molar-refractivity contribution in [3.63, 3.8) is 0 Å². The van der Waals surface area contributed by atoms with E-state index < -0.39 is 12.0 Å². The molecule has 16 heavy (non-hydrogen) atoms. The van der Waals surface area contributed by atoms with Crippen LogP contribution >= 0.6 is 0 Å². The molecule has 1 atom stereocenters. The number of aliphatic hydroxyl groups is 1. The molecule has 0 saturated heterocycles. The number of hydrogen-bond acceptors (Lipinski definition) is 6. The molecule has 0 radical (unpaired) electrons. The summed E-state index contributed by atoms with van der Waals surface area (Å²) in [4.78, 5) is 11.5.